The van der Waals surface area contributed by atoms with Crippen LogP contribution in [0, 0.1) is 0 Å². The fourth-order valence-corrected chi connectivity index (χ4v) is 1.70. The fourth-order valence-electron chi connectivity index (χ4n) is 0.842. The Balaban J connectivity index is 2.74. The smallest absolute Gasteiger partial charge is 0.225 e. The SMILES string of the molecule is COc1cc(C(C)C(C)N)sn1. The monoisotopic (exact) mass is 186 g/mol. The molecule has 0 bridgehead atoms. The van der Waals surface area contributed by atoms with Crippen molar-refractivity contribution in [1.82, 2.24) is 4.37 Å². The molecular formula is C8H14N2OS. The van der Waals surface area contributed by atoms with Gasteiger partial charge in [0.25, 0.3) is 0 Å². The van der Waals surface area contributed by atoms with Crippen LogP contribution in [0.5, 0.6) is 5.88 Å². The molecule has 0 aromatic carbocycles. The molecule has 2 unspecified atom stereocenters. The van der Waals surface area contributed by atoms with Crippen molar-refractivity contribution in [3.8, 4) is 5.88 Å². The van der Waals surface area contributed by atoms with E-state index in [0.717, 1.165) is 0 Å². The van der Waals surface area contributed by atoms with Crippen molar-refractivity contribution in [2.75, 3.05) is 7.11 Å². The van der Waals surface area contributed by atoms with Crippen LogP contribution in [0.25, 0.3) is 0 Å². The minimum atomic E-state index is 0.162. The molecule has 2 atom stereocenters. The molecule has 2 N–H and O–H groups in total. The zero-order valence-electron chi connectivity index (χ0n) is 7.57. The Kier molecular flexibility index (Phi) is 3.05. The third-order valence-electron chi connectivity index (χ3n) is 1.95. The molecule has 1 heterocycles. The lowest BCUT2D eigenvalue weighted by Crippen LogP contribution is -2.21. The molecule has 12 heavy (non-hydrogen) atoms. The molecule has 0 fully saturated rings. The number of hydrogen-bond donors (Lipinski definition) is 1. The van der Waals surface area contributed by atoms with Gasteiger partial charge in [-0.2, -0.15) is 4.37 Å². The quantitative estimate of drug-likeness (QED) is 0.780. The van der Waals surface area contributed by atoms with E-state index < -0.39 is 0 Å². The summed E-state index contributed by atoms with van der Waals surface area (Å²) in [4.78, 5) is 1.18. The van der Waals surface area contributed by atoms with Crippen LogP contribution in [0.1, 0.15) is 24.6 Å². The zero-order valence-corrected chi connectivity index (χ0v) is 8.39. The Morgan fingerprint density at radius 3 is 2.67 bits per heavy atom. The maximum Gasteiger partial charge on any atom is 0.225 e. The molecule has 0 aliphatic carbocycles. The summed E-state index contributed by atoms with van der Waals surface area (Å²) in [6.07, 6.45) is 0. The van der Waals surface area contributed by atoms with E-state index in [2.05, 4.69) is 11.3 Å². The Bertz CT molecular complexity index is 247. The van der Waals surface area contributed by atoms with Gasteiger partial charge >= 0.3 is 0 Å². The molecule has 0 spiro atoms. The molecule has 0 aliphatic rings. The Hall–Kier alpha value is -0.610. The zero-order chi connectivity index (χ0) is 9.14. The van der Waals surface area contributed by atoms with Gasteiger partial charge in [-0.05, 0) is 18.5 Å². The van der Waals surface area contributed by atoms with Gasteiger partial charge < -0.3 is 10.5 Å². The van der Waals surface area contributed by atoms with Gasteiger partial charge in [0.15, 0.2) is 0 Å². The second-order valence-electron chi connectivity index (χ2n) is 2.92. The predicted octanol–water partition coefficient (Wildman–Crippen LogP) is 1.60. The maximum atomic E-state index is 5.76. The predicted molar refractivity (Wildman–Crippen MR) is 50.7 cm³/mol. The molecule has 0 saturated heterocycles. The summed E-state index contributed by atoms with van der Waals surface area (Å²) < 4.78 is 9.09. The summed E-state index contributed by atoms with van der Waals surface area (Å²) in [5, 5.41) is 0. The highest BCUT2D eigenvalue weighted by Gasteiger charge is 2.13. The largest absolute Gasteiger partial charge is 0.480 e. The summed E-state index contributed by atoms with van der Waals surface area (Å²) in [5.41, 5.74) is 5.76. The minimum Gasteiger partial charge on any atom is -0.480 e. The van der Waals surface area contributed by atoms with Crippen LogP contribution >= 0.6 is 11.5 Å². The van der Waals surface area contributed by atoms with E-state index in [9.17, 15) is 0 Å². The third-order valence-corrected chi connectivity index (χ3v) is 2.93. The highest BCUT2D eigenvalue weighted by Crippen LogP contribution is 2.25. The molecule has 1 aromatic heterocycles. The van der Waals surface area contributed by atoms with Gasteiger partial charge in [0.05, 0.1) is 7.11 Å². The Morgan fingerprint density at radius 1 is 1.58 bits per heavy atom. The van der Waals surface area contributed by atoms with Crippen LogP contribution < -0.4 is 10.5 Å². The van der Waals surface area contributed by atoms with Crippen LogP contribution in [0.15, 0.2) is 6.07 Å². The lowest BCUT2D eigenvalue weighted by atomic mass is 10.0. The number of hydrogen-bond acceptors (Lipinski definition) is 4. The van der Waals surface area contributed by atoms with Crippen LogP contribution in [-0.4, -0.2) is 17.5 Å². The normalized spacial score (nSPS) is 15.7. The number of ether oxygens (including phenoxy) is 1. The summed E-state index contributed by atoms with van der Waals surface area (Å²) in [7, 11) is 1.62. The standard InChI is InChI=1S/C8H14N2OS/c1-5(6(2)9)7-4-8(11-3)10-12-7/h4-6H,9H2,1-3H3. The average Bonchev–Trinajstić information content (AvgIpc) is 2.50. The van der Waals surface area contributed by atoms with Crippen molar-refractivity contribution in [3.63, 3.8) is 0 Å². The fraction of sp³-hybridized carbons (Fsp3) is 0.625. The second-order valence-corrected chi connectivity index (χ2v) is 3.76. The van der Waals surface area contributed by atoms with Crippen molar-refractivity contribution in [2.24, 2.45) is 5.73 Å². The molecule has 0 radical (unpaired) electrons. The van der Waals surface area contributed by atoms with Gasteiger partial charge in [-0.25, -0.2) is 0 Å². The highest BCUT2D eigenvalue weighted by atomic mass is 32.1. The molecule has 0 amide bonds. The molecule has 1 aromatic rings. The summed E-state index contributed by atoms with van der Waals surface area (Å²) >= 11 is 1.46. The van der Waals surface area contributed by atoms with E-state index in [1.807, 2.05) is 13.0 Å². The Labute approximate surface area is 76.7 Å². The van der Waals surface area contributed by atoms with E-state index in [4.69, 9.17) is 10.5 Å². The lowest BCUT2D eigenvalue weighted by molar-refractivity contribution is 0.402. The average molecular weight is 186 g/mol. The van der Waals surface area contributed by atoms with Crippen molar-refractivity contribution >= 4 is 11.5 Å². The first kappa shape index (κ1) is 9.48. The van der Waals surface area contributed by atoms with Crippen LogP contribution in [0.4, 0.5) is 0 Å². The van der Waals surface area contributed by atoms with Gasteiger partial charge in [0, 0.05) is 22.9 Å². The molecule has 68 valence electrons. The minimum absolute atomic E-state index is 0.162. The van der Waals surface area contributed by atoms with Gasteiger partial charge in [-0.3, -0.25) is 0 Å². The Morgan fingerprint density at radius 2 is 2.25 bits per heavy atom. The molecular weight excluding hydrogens is 172 g/mol. The van der Waals surface area contributed by atoms with Crippen LogP contribution in [-0.2, 0) is 0 Å². The summed E-state index contributed by atoms with van der Waals surface area (Å²) in [6, 6.07) is 2.11. The second kappa shape index (κ2) is 3.87. The van der Waals surface area contributed by atoms with Crippen molar-refractivity contribution < 1.29 is 4.74 Å². The summed E-state index contributed by atoms with van der Waals surface area (Å²) in [6.45, 7) is 4.09. The number of rotatable bonds is 3. The number of nitrogens with two attached hydrogens (primary N) is 1. The van der Waals surface area contributed by atoms with E-state index in [1.165, 1.54) is 16.4 Å². The summed E-state index contributed by atoms with van der Waals surface area (Å²) in [5.74, 6) is 1.04. The van der Waals surface area contributed by atoms with Crippen molar-refractivity contribution in [3.05, 3.63) is 10.9 Å². The first-order valence-corrected chi connectivity index (χ1v) is 4.68. The van der Waals surface area contributed by atoms with E-state index in [0.29, 0.717) is 11.8 Å². The van der Waals surface area contributed by atoms with Gasteiger partial charge in [0.2, 0.25) is 5.88 Å². The third kappa shape index (κ3) is 1.95. The van der Waals surface area contributed by atoms with Crippen molar-refractivity contribution in [2.45, 2.75) is 25.8 Å². The molecule has 3 nitrogen and oxygen atoms in total. The first-order valence-electron chi connectivity index (χ1n) is 3.91. The van der Waals surface area contributed by atoms with E-state index in [1.54, 1.807) is 7.11 Å². The topological polar surface area (TPSA) is 48.1 Å². The molecule has 0 saturated carbocycles. The van der Waals surface area contributed by atoms with Gasteiger partial charge in [-0.15, -0.1) is 0 Å². The lowest BCUT2D eigenvalue weighted by Gasteiger charge is -2.11. The molecule has 4 heteroatoms. The number of aromatic nitrogens is 1. The molecule has 0 aliphatic heterocycles. The molecule has 1 rings (SSSR count). The van der Waals surface area contributed by atoms with E-state index >= 15 is 0 Å². The first-order chi connectivity index (χ1) is 5.65. The van der Waals surface area contributed by atoms with Crippen molar-refractivity contribution in [1.29, 1.82) is 0 Å². The highest BCUT2D eigenvalue weighted by molar-refractivity contribution is 7.06. The van der Waals surface area contributed by atoms with Gasteiger partial charge in [0.1, 0.15) is 0 Å². The number of methoxy groups -OCH3 is 1. The number of nitrogens with zero attached hydrogens (tertiary/aromatic N) is 1. The van der Waals surface area contributed by atoms with E-state index in [-0.39, 0.29) is 6.04 Å². The maximum absolute atomic E-state index is 5.76. The van der Waals surface area contributed by atoms with Crippen LogP contribution in [0.2, 0.25) is 0 Å². The van der Waals surface area contributed by atoms with Gasteiger partial charge in [-0.1, -0.05) is 6.92 Å². The van der Waals surface area contributed by atoms with Crippen LogP contribution in [0.3, 0.4) is 0 Å².